The molecular weight excluding hydrogens is 465 g/mol. The highest BCUT2D eigenvalue weighted by atomic mass is 35.5. The molecule has 5 rings (SSSR count). The Morgan fingerprint density at radius 2 is 1.56 bits per heavy atom. The van der Waals surface area contributed by atoms with Gasteiger partial charge in [0.05, 0.1) is 20.5 Å². The van der Waals surface area contributed by atoms with Crippen LogP contribution in [0.1, 0.15) is 5.76 Å². The third-order valence-electron chi connectivity index (χ3n) is 5.39. The number of hydrogen-bond donors (Lipinski definition) is 0. The maximum atomic E-state index is 12.5. The van der Waals surface area contributed by atoms with E-state index in [9.17, 15) is 4.79 Å². The lowest BCUT2D eigenvalue weighted by molar-refractivity contribution is -0.113. The summed E-state index contributed by atoms with van der Waals surface area (Å²) in [6.07, 6.45) is 1.72. The lowest BCUT2D eigenvalue weighted by atomic mass is 10.2. The molecule has 8 heteroatoms. The number of carbonyl (C=O) groups is 1. The van der Waals surface area contributed by atoms with E-state index in [2.05, 4.69) is 26.9 Å². The third kappa shape index (κ3) is 4.31. The second kappa shape index (κ2) is 9.06. The monoisotopic (exact) mass is 483 g/mol. The zero-order chi connectivity index (χ0) is 22.1. The van der Waals surface area contributed by atoms with Gasteiger partial charge < -0.3 is 14.2 Å². The second-order valence-corrected chi connectivity index (χ2v) is 9.24. The summed E-state index contributed by atoms with van der Waals surface area (Å²) in [4.78, 5) is 21.8. The number of benzene rings is 2. The molecule has 0 spiro atoms. The number of para-hydroxylation sites is 1. The van der Waals surface area contributed by atoms with Gasteiger partial charge in [-0.3, -0.25) is 4.79 Å². The fraction of sp³-hybridized carbons (Fsp3) is 0.167. The number of hydrogen-bond acceptors (Lipinski definition) is 5. The third-order valence-corrected chi connectivity index (χ3v) is 7.06. The SMILES string of the molecule is O=C1N=C(N2CCN(c3ccccc3)CC2)SC1=Cc1ccc(-c2c(Cl)cccc2Cl)o1. The molecule has 162 valence electrons. The van der Waals surface area contributed by atoms with E-state index in [1.165, 1.54) is 17.4 Å². The Morgan fingerprint density at radius 3 is 2.28 bits per heavy atom. The standard InChI is InChI=1S/C24H19Cl2N3O2S/c25-18-7-4-8-19(26)22(18)20-10-9-17(31-20)15-21-23(30)27-24(32-21)29-13-11-28(12-14-29)16-5-2-1-3-6-16/h1-10,15H,11-14H2. The maximum Gasteiger partial charge on any atom is 0.286 e. The van der Waals surface area contributed by atoms with Gasteiger partial charge in [0.1, 0.15) is 11.5 Å². The highest BCUT2D eigenvalue weighted by Crippen LogP contribution is 2.37. The number of nitrogens with zero attached hydrogens (tertiary/aromatic N) is 3. The van der Waals surface area contributed by atoms with Crippen LogP contribution in [0.5, 0.6) is 0 Å². The molecule has 1 aromatic heterocycles. The van der Waals surface area contributed by atoms with Crippen LogP contribution in [0.25, 0.3) is 17.4 Å². The summed E-state index contributed by atoms with van der Waals surface area (Å²) in [7, 11) is 0. The van der Waals surface area contributed by atoms with Gasteiger partial charge in [-0.15, -0.1) is 0 Å². The van der Waals surface area contributed by atoms with Crippen LogP contribution in [0.3, 0.4) is 0 Å². The molecule has 1 amide bonds. The van der Waals surface area contributed by atoms with Crippen LogP contribution in [0.2, 0.25) is 10.0 Å². The molecule has 0 N–H and O–H groups in total. The van der Waals surface area contributed by atoms with Crippen molar-refractivity contribution in [1.82, 2.24) is 4.90 Å². The van der Waals surface area contributed by atoms with Crippen molar-refractivity contribution >= 4 is 57.8 Å². The molecule has 0 unspecified atom stereocenters. The Morgan fingerprint density at radius 1 is 0.875 bits per heavy atom. The first-order valence-corrected chi connectivity index (χ1v) is 11.8. The lowest BCUT2D eigenvalue weighted by Gasteiger charge is -2.36. The molecule has 2 aliphatic heterocycles. The minimum absolute atomic E-state index is 0.246. The summed E-state index contributed by atoms with van der Waals surface area (Å²) in [5.74, 6) is 0.863. The zero-order valence-electron chi connectivity index (χ0n) is 17.0. The van der Waals surface area contributed by atoms with Crippen LogP contribution in [0.15, 0.2) is 75.0 Å². The van der Waals surface area contributed by atoms with Gasteiger partial charge in [-0.2, -0.15) is 4.99 Å². The predicted molar refractivity (Wildman–Crippen MR) is 132 cm³/mol. The Labute approximate surface area is 200 Å². The quantitative estimate of drug-likeness (QED) is 0.424. The highest BCUT2D eigenvalue weighted by molar-refractivity contribution is 8.18. The molecule has 1 fully saturated rings. The number of piperazine rings is 1. The van der Waals surface area contributed by atoms with Crippen molar-refractivity contribution in [3.05, 3.63) is 81.4 Å². The summed E-state index contributed by atoms with van der Waals surface area (Å²) >= 11 is 13.9. The summed E-state index contributed by atoms with van der Waals surface area (Å²) in [6.45, 7) is 3.41. The summed E-state index contributed by atoms with van der Waals surface area (Å²) in [6, 6.07) is 19.3. The Bertz CT molecular complexity index is 1190. The number of anilines is 1. The maximum absolute atomic E-state index is 12.5. The van der Waals surface area contributed by atoms with Crippen LogP contribution in [0, 0.1) is 0 Å². The number of aliphatic imine (C=N–C) groups is 1. The van der Waals surface area contributed by atoms with Gasteiger partial charge in [0.15, 0.2) is 5.17 Å². The van der Waals surface area contributed by atoms with Gasteiger partial charge in [-0.05, 0) is 48.2 Å². The van der Waals surface area contributed by atoms with Gasteiger partial charge in [-0.25, -0.2) is 0 Å². The smallest absolute Gasteiger partial charge is 0.286 e. The number of amidine groups is 1. The molecule has 3 aromatic rings. The van der Waals surface area contributed by atoms with E-state index in [0.717, 1.165) is 31.3 Å². The molecule has 3 heterocycles. The number of halogens is 2. The van der Waals surface area contributed by atoms with Crippen LogP contribution < -0.4 is 4.90 Å². The molecule has 2 aliphatic rings. The molecule has 2 aromatic carbocycles. The number of amides is 1. The van der Waals surface area contributed by atoms with E-state index in [-0.39, 0.29) is 5.91 Å². The second-order valence-electron chi connectivity index (χ2n) is 7.42. The summed E-state index contributed by atoms with van der Waals surface area (Å²) in [5, 5.41) is 1.77. The lowest BCUT2D eigenvalue weighted by Crippen LogP contribution is -2.47. The first kappa shape index (κ1) is 21.2. The molecule has 1 saturated heterocycles. The topological polar surface area (TPSA) is 49.1 Å². The van der Waals surface area contributed by atoms with E-state index in [0.29, 0.717) is 32.0 Å². The van der Waals surface area contributed by atoms with Gasteiger partial charge in [-0.1, -0.05) is 47.5 Å². The highest BCUT2D eigenvalue weighted by Gasteiger charge is 2.29. The largest absolute Gasteiger partial charge is 0.457 e. The Hall–Kier alpha value is -2.67. The van der Waals surface area contributed by atoms with E-state index >= 15 is 0 Å². The molecule has 32 heavy (non-hydrogen) atoms. The number of rotatable bonds is 3. The molecule has 0 saturated carbocycles. The van der Waals surface area contributed by atoms with E-state index in [1.807, 2.05) is 18.2 Å². The van der Waals surface area contributed by atoms with Crippen molar-refractivity contribution in [3.63, 3.8) is 0 Å². The molecule has 0 radical (unpaired) electrons. The van der Waals surface area contributed by atoms with E-state index in [4.69, 9.17) is 27.6 Å². The van der Waals surface area contributed by atoms with E-state index in [1.54, 1.807) is 36.4 Å². The van der Waals surface area contributed by atoms with Crippen molar-refractivity contribution in [2.45, 2.75) is 0 Å². The Balaban J connectivity index is 1.26. The first-order valence-electron chi connectivity index (χ1n) is 10.2. The molecular formula is C24H19Cl2N3O2S. The average molecular weight is 484 g/mol. The van der Waals surface area contributed by atoms with E-state index < -0.39 is 0 Å². The Kier molecular flexibility index (Phi) is 6.00. The predicted octanol–water partition coefficient (Wildman–Crippen LogP) is 6.05. The average Bonchev–Trinajstić information content (AvgIpc) is 3.41. The van der Waals surface area contributed by atoms with Crippen molar-refractivity contribution in [2.75, 3.05) is 31.1 Å². The minimum atomic E-state index is -0.246. The fourth-order valence-electron chi connectivity index (χ4n) is 3.76. The van der Waals surface area contributed by atoms with Crippen molar-refractivity contribution in [2.24, 2.45) is 4.99 Å². The molecule has 0 aliphatic carbocycles. The summed E-state index contributed by atoms with van der Waals surface area (Å²) < 4.78 is 5.90. The molecule has 0 atom stereocenters. The van der Waals surface area contributed by atoms with Crippen LogP contribution >= 0.6 is 35.0 Å². The van der Waals surface area contributed by atoms with Crippen molar-refractivity contribution in [3.8, 4) is 11.3 Å². The minimum Gasteiger partial charge on any atom is -0.457 e. The number of carbonyl (C=O) groups excluding carboxylic acids is 1. The molecule has 0 bridgehead atoms. The van der Waals surface area contributed by atoms with Gasteiger partial charge >= 0.3 is 0 Å². The van der Waals surface area contributed by atoms with Gasteiger partial charge in [0.25, 0.3) is 5.91 Å². The number of thioether (sulfide) groups is 1. The zero-order valence-corrected chi connectivity index (χ0v) is 19.3. The normalized spacial score (nSPS) is 17.9. The summed E-state index contributed by atoms with van der Waals surface area (Å²) in [5.41, 5.74) is 1.86. The van der Waals surface area contributed by atoms with Gasteiger partial charge in [0.2, 0.25) is 0 Å². The number of furan rings is 1. The van der Waals surface area contributed by atoms with Crippen molar-refractivity contribution in [1.29, 1.82) is 0 Å². The van der Waals surface area contributed by atoms with Crippen molar-refractivity contribution < 1.29 is 9.21 Å². The van der Waals surface area contributed by atoms with Crippen LogP contribution in [-0.4, -0.2) is 42.2 Å². The van der Waals surface area contributed by atoms with Gasteiger partial charge in [0, 0.05) is 37.9 Å². The molecule has 5 nitrogen and oxygen atoms in total. The fourth-order valence-corrected chi connectivity index (χ4v) is 5.28. The van der Waals surface area contributed by atoms with Crippen LogP contribution in [-0.2, 0) is 4.79 Å². The van der Waals surface area contributed by atoms with Crippen LogP contribution in [0.4, 0.5) is 5.69 Å². The first-order chi connectivity index (χ1) is 15.6.